The van der Waals surface area contributed by atoms with Crippen LogP contribution in [0.5, 0.6) is 5.75 Å². The van der Waals surface area contributed by atoms with Crippen molar-refractivity contribution in [2.24, 2.45) is 0 Å². The van der Waals surface area contributed by atoms with E-state index in [1.807, 2.05) is 18.2 Å². The Morgan fingerprint density at radius 3 is 3.00 bits per heavy atom. The zero-order valence-electron chi connectivity index (χ0n) is 7.70. The molecule has 1 saturated heterocycles. The average molecular weight is 258 g/mol. The Balaban J connectivity index is 2.08. The summed E-state index contributed by atoms with van der Waals surface area (Å²) in [4.78, 5) is 0. The van der Waals surface area contributed by atoms with E-state index in [4.69, 9.17) is 15.2 Å². The minimum Gasteiger partial charge on any atom is -0.486 e. The molecule has 0 radical (unpaired) electrons. The number of rotatable bonds is 2. The molecule has 0 amide bonds. The fourth-order valence-corrected chi connectivity index (χ4v) is 1.79. The first-order valence-electron chi connectivity index (χ1n) is 4.55. The Morgan fingerprint density at radius 2 is 2.36 bits per heavy atom. The molecule has 1 aliphatic rings. The molecule has 2 rings (SSSR count). The molecule has 0 spiro atoms. The highest BCUT2D eigenvalue weighted by molar-refractivity contribution is 9.10. The van der Waals surface area contributed by atoms with Gasteiger partial charge in [0.05, 0.1) is 18.9 Å². The van der Waals surface area contributed by atoms with Crippen LogP contribution in [-0.4, -0.2) is 19.3 Å². The van der Waals surface area contributed by atoms with Crippen molar-refractivity contribution in [3.8, 4) is 5.75 Å². The predicted octanol–water partition coefficient (Wildman–Crippen LogP) is 2.20. The van der Waals surface area contributed by atoms with Gasteiger partial charge in [0.2, 0.25) is 0 Å². The Bertz CT molecular complexity index is 324. The monoisotopic (exact) mass is 257 g/mol. The molecule has 3 nitrogen and oxygen atoms in total. The predicted molar refractivity (Wildman–Crippen MR) is 58.4 cm³/mol. The third-order valence-corrected chi connectivity index (χ3v) is 2.65. The summed E-state index contributed by atoms with van der Waals surface area (Å²) < 4.78 is 11.9. The molecule has 1 unspecified atom stereocenters. The molecule has 1 heterocycles. The van der Waals surface area contributed by atoms with Gasteiger partial charge >= 0.3 is 0 Å². The summed E-state index contributed by atoms with van der Waals surface area (Å²) in [5, 5.41) is 0. The highest BCUT2D eigenvalue weighted by Crippen LogP contribution is 2.27. The largest absolute Gasteiger partial charge is 0.486 e. The smallest absolute Gasteiger partial charge is 0.142 e. The Labute approximate surface area is 91.3 Å². The number of ether oxygens (including phenoxy) is 2. The summed E-state index contributed by atoms with van der Waals surface area (Å²) in [7, 11) is 0. The second kappa shape index (κ2) is 4.19. The SMILES string of the molecule is Nc1cc(Br)ccc1OC1CCOC1. The van der Waals surface area contributed by atoms with Crippen LogP contribution in [0.1, 0.15) is 6.42 Å². The third-order valence-electron chi connectivity index (χ3n) is 2.15. The average Bonchev–Trinajstić information content (AvgIpc) is 2.62. The van der Waals surface area contributed by atoms with Crippen LogP contribution >= 0.6 is 15.9 Å². The minimum atomic E-state index is 0.151. The maximum absolute atomic E-state index is 5.80. The van der Waals surface area contributed by atoms with Gasteiger partial charge in [0.15, 0.2) is 0 Å². The van der Waals surface area contributed by atoms with Gasteiger partial charge < -0.3 is 15.2 Å². The van der Waals surface area contributed by atoms with Gasteiger partial charge in [-0.25, -0.2) is 0 Å². The van der Waals surface area contributed by atoms with Gasteiger partial charge in [0.1, 0.15) is 11.9 Å². The topological polar surface area (TPSA) is 44.5 Å². The zero-order chi connectivity index (χ0) is 9.97. The quantitative estimate of drug-likeness (QED) is 0.827. The molecule has 1 aromatic rings. The summed E-state index contributed by atoms with van der Waals surface area (Å²) in [5.41, 5.74) is 6.46. The van der Waals surface area contributed by atoms with E-state index in [0.717, 1.165) is 23.2 Å². The van der Waals surface area contributed by atoms with Gasteiger partial charge in [-0.05, 0) is 18.2 Å². The molecule has 0 saturated carbocycles. The minimum absolute atomic E-state index is 0.151. The van der Waals surface area contributed by atoms with E-state index in [2.05, 4.69) is 15.9 Å². The number of hydrogen-bond donors (Lipinski definition) is 1. The number of hydrogen-bond acceptors (Lipinski definition) is 3. The van der Waals surface area contributed by atoms with Gasteiger partial charge in [-0.1, -0.05) is 15.9 Å². The fraction of sp³-hybridized carbons (Fsp3) is 0.400. The van der Waals surface area contributed by atoms with Crippen molar-refractivity contribution in [2.75, 3.05) is 18.9 Å². The summed E-state index contributed by atoms with van der Waals surface area (Å²) >= 11 is 3.35. The molecule has 2 N–H and O–H groups in total. The van der Waals surface area contributed by atoms with E-state index in [-0.39, 0.29) is 6.10 Å². The van der Waals surface area contributed by atoms with Crippen LogP contribution < -0.4 is 10.5 Å². The number of halogens is 1. The highest BCUT2D eigenvalue weighted by atomic mass is 79.9. The van der Waals surface area contributed by atoms with Crippen molar-refractivity contribution in [1.82, 2.24) is 0 Å². The van der Waals surface area contributed by atoms with Gasteiger partial charge in [0.25, 0.3) is 0 Å². The van der Waals surface area contributed by atoms with Crippen LogP contribution in [0, 0.1) is 0 Å². The third kappa shape index (κ3) is 2.19. The Hall–Kier alpha value is -0.740. The molecule has 0 bridgehead atoms. The van der Waals surface area contributed by atoms with Crippen molar-refractivity contribution in [1.29, 1.82) is 0 Å². The van der Waals surface area contributed by atoms with Crippen LogP contribution in [-0.2, 0) is 4.74 Å². The van der Waals surface area contributed by atoms with Gasteiger partial charge in [-0.2, -0.15) is 0 Å². The molecule has 1 aromatic carbocycles. The first-order chi connectivity index (χ1) is 6.75. The maximum Gasteiger partial charge on any atom is 0.142 e. The number of benzene rings is 1. The standard InChI is InChI=1S/C10H12BrNO2/c11-7-1-2-10(9(12)5-7)14-8-3-4-13-6-8/h1-2,5,8H,3-4,6,12H2. The molecule has 4 heteroatoms. The lowest BCUT2D eigenvalue weighted by Crippen LogP contribution is -2.16. The van der Waals surface area contributed by atoms with E-state index in [9.17, 15) is 0 Å². The van der Waals surface area contributed by atoms with Crippen molar-refractivity contribution in [3.63, 3.8) is 0 Å². The number of anilines is 1. The fourth-order valence-electron chi connectivity index (χ4n) is 1.41. The van der Waals surface area contributed by atoms with E-state index < -0.39 is 0 Å². The lowest BCUT2D eigenvalue weighted by molar-refractivity contribution is 0.142. The highest BCUT2D eigenvalue weighted by Gasteiger charge is 2.17. The van der Waals surface area contributed by atoms with Crippen molar-refractivity contribution >= 4 is 21.6 Å². The molecular weight excluding hydrogens is 246 g/mol. The Morgan fingerprint density at radius 1 is 1.50 bits per heavy atom. The zero-order valence-corrected chi connectivity index (χ0v) is 9.29. The lowest BCUT2D eigenvalue weighted by atomic mass is 10.3. The van der Waals surface area contributed by atoms with Crippen LogP contribution in [0.3, 0.4) is 0 Å². The molecule has 0 aromatic heterocycles. The van der Waals surface area contributed by atoms with E-state index in [0.29, 0.717) is 12.3 Å². The number of nitrogens with two attached hydrogens (primary N) is 1. The molecule has 1 fully saturated rings. The molecule has 14 heavy (non-hydrogen) atoms. The summed E-state index contributed by atoms with van der Waals surface area (Å²) in [6, 6.07) is 5.63. The van der Waals surface area contributed by atoms with E-state index in [1.54, 1.807) is 0 Å². The molecule has 1 aliphatic heterocycles. The second-order valence-electron chi connectivity index (χ2n) is 3.29. The van der Waals surface area contributed by atoms with E-state index >= 15 is 0 Å². The molecule has 1 atom stereocenters. The van der Waals surface area contributed by atoms with Crippen LogP contribution in [0.25, 0.3) is 0 Å². The maximum atomic E-state index is 5.80. The molecule has 0 aliphatic carbocycles. The summed E-state index contributed by atoms with van der Waals surface area (Å²) in [6.45, 7) is 1.44. The normalized spacial score (nSPS) is 21.1. The van der Waals surface area contributed by atoms with Crippen LogP contribution in [0.4, 0.5) is 5.69 Å². The van der Waals surface area contributed by atoms with Crippen molar-refractivity contribution in [3.05, 3.63) is 22.7 Å². The molecular formula is C10H12BrNO2. The van der Waals surface area contributed by atoms with Gasteiger partial charge in [0, 0.05) is 10.9 Å². The molecule has 76 valence electrons. The van der Waals surface area contributed by atoms with Gasteiger partial charge in [-0.3, -0.25) is 0 Å². The first-order valence-corrected chi connectivity index (χ1v) is 5.34. The number of nitrogen functional groups attached to an aromatic ring is 1. The van der Waals surface area contributed by atoms with Crippen LogP contribution in [0.2, 0.25) is 0 Å². The van der Waals surface area contributed by atoms with E-state index in [1.165, 1.54) is 0 Å². The second-order valence-corrected chi connectivity index (χ2v) is 4.20. The van der Waals surface area contributed by atoms with Crippen molar-refractivity contribution in [2.45, 2.75) is 12.5 Å². The summed E-state index contributed by atoms with van der Waals surface area (Å²) in [6.07, 6.45) is 1.09. The lowest BCUT2D eigenvalue weighted by Gasteiger charge is -2.13. The summed E-state index contributed by atoms with van der Waals surface area (Å²) in [5.74, 6) is 0.740. The van der Waals surface area contributed by atoms with Crippen molar-refractivity contribution < 1.29 is 9.47 Å². The van der Waals surface area contributed by atoms with Crippen LogP contribution in [0.15, 0.2) is 22.7 Å². The van der Waals surface area contributed by atoms with Gasteiger partial charge in [-0.15, -0.1) is 0 Å². The Kier molecular flexibility index (Phi) is 2.93. The first kappa shape index (κ1) is 9.80.